The van der Waals surface area contributed by atoms with Crippen molar-refractivity contribution < 1.29 is 4.74 Å². The van der Waals surface area contributed by atoms with E-state index in [-0.39, 0.29) is 0 Å². The third-order valence-electron chi connectivity index (χ3n) is 8.77. The Morgan fingerprint density at radius 2 is 1.22 bits per heavy atom. The van der Waals surface area contributed by atoms with Gasteiger partial charge in [0.2, 0.25) is 0 Å². The molecule has 41 heavy (non-hydrogen) atoms. The Hall–Kier alpha value is -4.96. The fraction of sp³-hybridized carbons (Fsp3) is 0.135. The summed E-state index contributed by atoms with van der Waals surface area (Å²) in [5.74, 6) is 0.885. The first-order valence-corrected chi connectivity index (χ1v) is 14.1. The van der Waals surface area contributed by atoms with E-state index in [0.29, 0.717) is 0 Å². The first-order valence-electron chi connectivity index (χ1n) is 14.1. The third-order valence-corrected chi connectivity index (χ3v) is 8.77. The predicted octanol–water partition coefficient (Wildman–Crippen LogP) is 8.30. The molecule has 0 saturated carbocycles. The van der Waals surface area contributed by atoms with Crippen molar-refractivity contribution in [3.8, 4) is 39.3 Å². The zero-order chi connectivity index (χ0) is 27.9. The van der Waals surface area contributed by atoms with Crippen molar-refractivity contribution in [1.82, 2.24) is 4.98 Å². The summed E-state index contributed by atoms with van der Waals surface area (Å²) >= 11 is 0. The van der Waals surface area contributed by atoms with E-state index in [2.05, 4.69) is 152 Å². The number of rotatable bonds is 3. The predicted molar refractivity (Wildman–Crippen MR) is 170 cm³/mol. The van der Waals surface area contributed by atoms with E-state index in [4.69, 9.17) is 4.74 Å². The maximum atomic E-state index is 7.37. The van der Waals surface area contributed by atoms with Crippen molar-refractivity contribution in [3.05, 3.63) is 126 Å². The van der Waals surface area contributed by atoms with Crippen LogP contribution in [0.4, 0.5) is 11.4 Å². The number of hydrogen-bond donors (Lipinski definition) is 1. The first kappa shape index (κ1) is 23.9. The van der Waals surface area contributed by atoms with Crippen LogP contribution in [0, 0.1) is 0 Å². The van der Waals surface area contributed by atoms with Crippen LogP contribution in [0.1, 0.15) is 16.7 Å². The largest absolute Gasteiger partial charge is 0.472 e. The van der Waals surface area contributed by atoms with Crippen molar-refractivity contribution >= 4 is 22.3 Å². The second kappa shape index (κ2) is 8.52. The van der Waals surface area contributed by atoms with E-state index in [0.717, 1.165) is 22.5 Å². The van der Waals surface area contributed by atoms with E-state index in [1.807, 2.05) is 0 Å². The van der Waals surface area contributed by atoms with Gasteiger partial charge in [-0.1, -0.05) is 66.7 Å². The number of aromatic amines is 1. The topological polar surface area (TPSA) is 31.5 Å². The monoisotopic (exact) mass is 533 g/mol. The van der Waals surface area contributed by atoms with Crippen molar-refractivity contribution in [1.29, 1.82) is 0 Å². The zero-order valence-electron chi connectivity index (χ0n) is 23.7. The molecule has 1 aromatic heterocycles. The summed E-state index contributed by atoms with van der Waals surface area (Å²) in [5.41, 5.74) is 13.2. The Labute approximate surface area is 240 Å². The molecule has 0 saturated heterocycles. The van der Waals surface area contributed by atoms with Crippen LogP contribution < -0.4 is 14.5 Å². The zero-order valence-corrected chi connectivity index (χ0v) is 23.7. The normalized spacial score (nSPS) is 13.8. The first-order chi connectivity index (χ1) is 20.0. The standard InChI is InChI=1S/C37H31N3O/c1-39(2)25-15-17-31-28(21-25)29-22-26(40(3)4)16-18-32(29)37(31)35-27-12-8-9-13-33(27)38-36(35)30-20-24(14-19-34(30)41-37)23-10-6-5-7-11-23/h5-22,38H,1-4H3. The lowest BCUT2D eigenvalue weighted by Gasteiger charge is -2.38. The second-order valence-corrected chi connectivity index (χ2v) is 11.5. The number of para-hydroxylation sites is 1. The lowest BCUT2D eigenvalue weighted by molar-refractivity contribution is 0.158. The van der Waals surface area contributed by atoms with E-state index in [9.17, 15) is 0 Å². The molecule has 1 aliphatic heterocycles. The van der Waals surface area contributed by atoms with Crippen molar-refractivity contribution in [3.63, 3.8) is 0 Å². The molecule has 4 heteroatoms. The molecular formula is C37H31N3O. The molecule has 0 bridgehead atoms. The molecule has 0 fully saturated rings. The lowest BCUT2D eigenvalue weighted by Crippen LogP contribution is -2.36. The number of aromatic nitrogens is 1. The van der Waals surface area contributed by atoms with Crippen LogP contribution in [0.2, 0.25) is 0 Å². The van der Waals surface area contributed by atoms with Gasteiger partial charge in [0.05, 0.1) is 5.69 Å². The summed E-state index contributed by atoms with van der Waals surface area (Å²) in [6.07, 6.45) is 0. The van der Waals surface area contributed by atoms with Gasteiger partial charge in [-0.3, -0.25) is 0 Å². The molecule has 5 aromatic carbocycles. The summed E-state index contributed by atoms with van der Waals surface area (Å²) < 4.78 is 7.37. The molecule has 2 heterocycles. The highest BCUT2D eigenvalue weighted by Crippen LogP contribution is 2.61. The average Bonchev–Trinajstić information content (AvgIpc) is 3.52. The number of fused-ring (bicyclic) bond motifs is 11. The molecule has 0 unspecified atom stereocenters. The van der Waals surface area contributed by atoms with Gasteiger partial charge in [-0.2, -0.15) is 0 Å². The van der Waals surface area contributed by atoms with Gasteiger partial charge < -0.3 is 19.5 Å². The van der Waals surface area contributed by atoms with Gasteiger partial charge in [-0.15, -0.1) is 0 Å². The third kappa shape index (κ3) is 3.28. The van der Waals surface area contributed by atoms with E-state index in [1.54, 1.807) is 0 Å². The number of ether oxygens (including phenoxy) is 1. The quantitative estimate of drug-likeness (QED) is 0.248. The Bertz CT molecular complexity index is 1930. The fourth-order valence-corrected chi connectivity index (χ4v) is 6.76. The van der Waals surface area contributed by atoms with E-state index < -0.39 is 5.60 Å². The number of anilines is 2. The maximum absolute atomic E-state index is 7.37. The number of H-pyrrole nitrogens is 1. The summed E-state index contributed by atoms with van der Waals surface area (Å²) in [7, 11) is 8.39. The van der Waals surface area contributed by atoms with Gasteiger partial charge >= 0.3 is 0 Å². The van der Waals surface area contributed by atoms with Gasteiger partial charge in [0.1, 0.15) is 5.75 Å². The van der Waals surface area contributed by atoms with Gasteiger partial charge in [-0.05, 0) is 64.7 Å². The van der Waals surface area contributed by atoms with Gasteiger partial charge in [0.15, 0.2) is 5.60 Å². The minimum Gasteiger partial charge on any atom is -0.472 e. The van der Waals surface area contributed by atoms with Gasteiger partial charge in [0, 0.05) is 72.7 Å². The number of hydrogen-bond acceptors (Lipinski definition) is 3. The molecule has 4 nitrogen and oxygen atoms in total. The van der Waals surface area contributed by atoms with Gasteiger partial charge in [0.25, 0.3) is 0 Å². The molecule has 6 aromatic rings. The summed E-state index contributed by atoms with van der Waals surface area (Å²) in [6.45, 7) is 0. The average molecular weight is 534 g/mol. The summed E-state index contributed by atoms with van der Waals surface area (Å²) in [6, 6.07) is 39.4. The SMILES string of the molecule is CN(C)c1ccc2c(c1)-c1cc(N(C)C)ccc1C21Oc2ccc(-c3ccccc3)cc2-c2[nH]c3ccccc3c21. The second-order valence-electron chi connectivity index (χ2n) is 11.5. The van der Waals surface area contributed by atoms with Gasteiger partial charge in [-0.25, -0.2) is 0 Å². The van der Waals surface area contributed by atoms with E-state index in [1.165, 1.54) is 55.7 Å². The Balaban J connectivity index is 1.47. The highest BCUT2D eigenvalue weighted by atomic mass is 16.5. The number of nitrogens with one attached hydrogen (secondary N) is 1. The molecule has 8 rings (SSSR count). The molecule has 0 atom stereocenters. The number of nitrogens with zero attached hydrogens (tertiary/aromatic N) is 2. The Morgan fingerprint density at radius 1 is 0.585 bits per heavy atom. The molecule has 200 valence electrons. The Kier molecular flexibility index (Phi) is 4.96. The highest BCUT2D eigenvalue weighted by molar-refractivity contribution is 5.99. The van der Waals surface area contributed by atoms with Crippen LogP contribution in [0.25, 0.3) is 44.4 Å². The van der Waals surface area contributed by atoms with Crippen LogP contribution in [-0.2, 0) is 5.60 Å². The van der Waals surface area contributed by atoms with Crippen molar-refractivity contribution in [2.24, 2.45) is 0 Å². The summed E-state index contributed by atoms with van der Waals surface area (Å²) in [4.78, 5) is 8.16. The smallest absolute Gasteiger partial charge is 0.188 e. The van der Waals surface area contributed by atoms with Crippen molar-refractivity contribution in [2.75, 3.05) is 38.0 Å². The highest BCUT2D eigenvalue weighted by Gasteiger charge is 2.52. The molecule has 2 aliphatic rings. The number of benzene rings is 5. The molecular weight excluding hydrogens is 502 g/mol. The fourth-order valence-electron chi connectivity index (χ4n) is 6.76. The minimum absolute atomic E-state index is 0.781. The maximum Gasteiger partial charge on any atom is 0.188 e. The van der Waals surface area contributed by atoms with Crippen LogP contribution in [0.3, 0.4) is 0 Å². The minimum atomic E-state index is -0.781. The van der Waals surface area contributed by atoms with Crippen LogP contribution in [-0.4, -0.2) is 33.2 Å². The molecule has 1 spiro atoms. The molecule has 0 radical (unpaired) electrons. The molecule has 1 aliphatic carbocycles. The lowest BCUT2D eigenvalue weighted by atomic mass is 9.79. The van der Waals surface area contributed by atoms with Crippen LogP contribution >= 0.6 is 0 Å². The Morgan fingerprint density at radius 3 is 1.88 bits per heavy atom. The molecule has 0 amide bonds. The summed E-state index contributed by atoms with van der Waals surface area (Å²) in [5, 5.41) is 1.19. The molecule has 1 N–H and O–H groups in total. The van der Waals surface area contributed by atoms with Crippen LogP contribution in [0.5, 0.6) is 5.75 Å². The van der Waals surface area contributed by atoms with Crippen molar-refractivity contribution in [2.45, 2.75) is 5.60 Å². The van der Waals surface area contributed by atoms with E-state index >= 15 is 0 Å². The van der Waals surface area contributed by atoms with Crippen LogP contribution in [0.15, 0.2) is 109 Å².